The molecule has 2 heterocycles. The van der Waals surface area contributed by atoms with Gasteiger partial charge in [-0.1, -0.05) is 37.3 Å². The standard InChI is InChI=1S/C18H20N4O3S/c1-3-18(13-7-5-4-6-8-13)16(24)22(17(25)21-18)10-14(23)19-9-15-20-12(2)11-26-15/h4-8,11H,3,9-10H2,1-2H3,(H,19,23)(H,21,25)/t18-/m0/s1. The van der Waals surface area contributed by atoms with Crippen molar-refractivity contribution in [3.8, 4) is 0 Å². The SMILES string of the molecule is CC[C@@]1(c2ccccc2)NC(=O)N(CC(=O)NCc2nc(C)cs2)C1=O. The highest BCUT2D eigenvalue weighted by Crippen LogP contribution is 2.32. The van der Waals surface area contributed by atoms with Crippen molar-refractivity contribution in [2.24, 2.45) is 0 Å². The monoisotopic (exact) mass is 372 g/mol. The number of nitrogens with zero attached hydrogens (tertiary/aromatic N) is 2. The maximum atomic E-state index is 12.9. The van der Waals surface area contributed by atoms with Crippen molar-refractivity contribution < 1.29 is 14.4 Å². The van der Waals surface area contributed by atoms with Gasteiger partial charge in [0.05, 0.1) is 6.54 Å². The lowest BCUT2D eigenvalue weighted by atomic mass is 9.87. The van der Waals surface area contributed by atoms with Crippen LogP contribution in [0.5, 0.6) is 0 Å². The van der Waals surface area contributed by atoms with Crippen LogP contribution < -0.4 is 10.6 Å². The summed E-state index contributed by atoms with van der Waals surface area (Å²) in [5, 5.41) is 8.14. The second kappa shape index (κ2) is 7.25. The van der Waals surface area contributed by atoms with Crippen molar-refractivity contribution in [2.45, 2.75) is 32.4 Å². The van der Waals surface area contributed by atoms with Gasteiger partial charge in [0.2, 0.25) is 5.91 Å². The highest BCUT2D eigenvalue weighted by atomic mass is 32.1. The molecule has 0 unspecified atom stereocenters. The molecule has 1 fully saturated rings. The second-order valence-electron chi connectivity index (χ2n) is 6.11. The van der Waals surface area contributed by atoms with Crippen molar-refractivity contribution in [1.29, 1.82) is 0 Å². The maximum absolute atomic E-state index is 12.9. The van der Waals surface area contributed by atoms with Crippen molar-refractivity contribution in [1.82, 2.24) is 20.5 Å². The van der Waals surface area contributed by atoms with Crippen LogP contribution in [0.15, 0.2) is 35.7 Å². The second-order valence-corrected chi connectivity index (χ2v) is 7.05. The van der Waals surface area contributed by atoms with Crippen LogP contribution >= 0.6 is 11.3 Å². The van der Waals surface area contributed by atoms with Gasteiger partial charge in [0.25, 0.3) is 5.91 Å². The fraction of sp³-hybridized carbons (Fsp3) is 0.333. The summed E-state index contributed by atoms with van der Waals surface area (Å²) in [5.41, 5.74) is 0.483. The van der Waals surface area contributed by atoms with Crippen LogP contribution in [0.1, 0.15) is 29.6 Å². The smallest absolute Gasteiger partial charge is 0.325 e. The Morgan fingerprint density at radius 1 is 1.31 bits per heavy atom. The molecule has 0 saturated carbocycles. The first kappa shape index (κ1) is 18.1. The van der Waals surface area contributed by atoms with E-state index >= 15 is 0 Å². The molecule has 4 amide bonds. The van der Waals surface area contributed by atoms with E-state index in [4.69, 9.17) is 0 Å². The summed E-state index contributed by atoms with van der Waals surface area (Å²) in [4.78, 5) is 42.7. The molecule has 8 heteroatoms. The Morgan fingerprint density at radius 2 is 2.04 bits per heavy atom. The zero-order valence-electron chi connectivity index (χ0n) is 14.6. The lowest BCUT2D eigenvalue weighted by Gasteiger charge is -2.25. The van der Waals surface area contributed by atoms with E-state index in [2.05, 4.69) is 15.6 Å². The predicted molar refractivity (Wildman–Crippen MR) is 97.4 cm³/mol. The predicted octanol–water partition coefficient (Wildman–Crippen LogP) is 1.93. The number of hydrogen-bond acceptors (Lipinski definition) is 5. The zero-order valence-corrected chi connectivity index (χ0v) is 15.4. The minimum Gasteiger partial charge on any atom is -0.348 e. The number of aryl methyl sites for hydroxylation is 1. The lowest BCUT2D eigenvalue weighted by Crippen LogP contribution is -2.44. The van der Waals surface area contributed by atoms with E-state index < -0.39 is 23.4 Å². The van der Waals surface area contributed by atoms with Crippen LogP contribution in [0.4, 0.5) is 4.79 Å². The van der Waals surface area contributed by atoms with E-state index in [1.807, 2.05) is 37.4 Å². The molecule has 26 heavy (non-hydrogen) atoms. The summed E-state index contributed by atoms with van der Waals surface area (Å²) < 4.78 is 0. The Bertz CT molecular complexity index is 836. The van der Waals surface area contributed by atoms with E-state index in [1.54, 1.807) is 12.1 Å². The number of amides is 4. The first-order valence-electron chi connectivity index (χ1n) is 8.33. The van der Waals surface area contributed by atoms with Gasteiger partial charge in [0.15, 0.2) is 0 Å². The number of benzene rings is 1. The molecule has 3 rings (SSSR count). The molecule has 0 aliphatic carbocycles. The maximum Gasteiger partial charge on any atom is 0.325 e. The molecule has 1 saturated heterocycles. The van der Waals surface area contributed by atoms with E-state index in [0.29, 0.717) is 12.0 Å². The van der Waals surface area contributed by atoms with Crippen LogP contribution in [-0.4, -0.2) is 34.3 Å². The third-order valence-corrected chi connectivity index (χ3v) is 5.34. The molecule has 136 valence electrons. The molecule has 2 aromatic rings. The molecule has 0 bridgehead atoms. The van der Waals surface area contributed by atoms with Crippen molar-refractivity contribution in [3.05, 3.63) is 52.0 Å². The highest BCUT2D eigenvalue weighted by Gasteiger charge is 2.51. The van der Waals surface area contributed by atoms with Gasteiger partial charge < -0.3 is 10.6 Å². The van der Waals surface area contributed by atoms with Crippen molar-refractivity contribution >= 4 is 29.2 Å². The summed E-state index contributed by atoms with van der Waals surface area (Å²) in [6.45, 7) is 3.67. The van der Waals surface area contributed by atoms with Gasteiger partial charge >= 0.3 is 6.03 Å². The normalized spacial score (nSPS) is 19.5. The van der Waals surface area contributed by atoms with E-state index in [1.165, 1.54) is 11.3 Å². The first-order chi connectivity index (χ1) is 12.5. The number of imide groups is 1. The highest BCUT2D eigenvalue weighted by molar-refractivity contribution is 7.09. The minimum absolute atomic E-state index is 0.276. The summed E-state index contributed by atoms with van der Waals surface area (Å²) in [5.74, 6) is -0.808. The molecule has 0 radical (unpaired) electrons. The minimum atomic E-state index is -1.12. The molecule has 1 aliphatic rings. The number of hydrogen-bond donors (Lipinski definition) is 2. The van der Waals surface area contributed by atoms with Crippen LogP contribution in [0.2, 0.25) is 0 Å². The van der Waals surface area contributed by atoms with Crippen LogP contribution in [0.25, 0.3) is 0 Å². The molecular formula is C18H20N4O3S. The Balaban J connectivity index is 1.69. The lowest BCUT2D eigenvalue weighted by molar-refractivity contribution is -0.135. The molecule has 1 aliphatic heterocycles. The van der Waals surface area contributed by atoms with Crippen molar-refractivity contribution in [2.75, 3.05) is 6.54 Å². The molecule has 1 aromatic carbocycles. The van der Waals surface area contributed by atoms with Gasteiger partial charge in [0, 0.05) is 11.1 Å². The summed E-state index contributed by atoms with van der Waals surface area (Å²) >= 11 is 1.45. The van der Waals surface area contributed by atoms with Crippen molar-refractivity contribution in [3.63, 3.8) is 0 Å². The van der Waals surface area contributed by atoms with Crippen LogP contribution in [-0.2, 0) is 21.7 Å². The Kier molecular flexibility index (Phi) is 5.03. The summed E-state index contributed by atoms with van der Waals surface area (Å²) in [6, 6.07) is 8.53. The van der Waals surface area contributed by atoms with Crippen LogP contribution in [0.3, 0.4) is 0 Å². The van der Waals surface area contributed by atoms with Gasteiger partial charge in [-0.25, -0.2) is 9.78 Å². The fourth-order valence-corrected chi connectivity index (χ4v) is 3.70. The van der Waals surface area contributed by atoms with Gasteiger partial charge in [0.1, 0.15) is 17.1 Å². The average Bonchev–Trinajstić information content (AvgIpc) is 3.17. The Morgan fingerprint density at radius 3 is 2.65 bits per heavy atom. The molecule has 2 N–H and O–H groups in total. The summed E-state index contributed by atoms with van der Waals surface area (Å²) in [6.07, 6.45) is 0.401. The number of aromatic nitrogens is 1. The Labute approximate surface area is 155 Å². The fourth-order valence-electron chi connectivity index (χ4n) is 2.99. The third-order valence-electron chi connectivity index (χ3n) is 4.38. The number of carbonyl (C=O) groups excluding carboxylic acids is 3. The quantitative estimate of drug-likeness (QED) is 0.758. The number of urea groups is 1. The van der Waals surface area contributed by atoms with Crippen LogP contribution in [0, 0.1) is 6.92 Å². The largest absolute Gasteiger partial charge is 0.348 e. The van der Waals surface area contributed by atoms with Gasteiger partial charge in [-0.3, -0.25) is 14.5 Å². The topological polar surface area (TPSA) is 91.4 Å². The number of carbonyl (C=O) groups is 3. The van der Waals surface area contributed by atoms with Gasteiger partial charge in [-0.05, 0) is 18.9 Å². The van der Waals surface area contributed by atoms with E-state index in [9.17, 15) is 14.4 Å². The molecule has 7 nitrogen and oxygen atoms in total. The first-order valence-corrected chi connectivity index (χ1v) is 9.21. The van der Waals surface area contributed by atoms with E-state index in [-0.39, 0.29) is 13.1 Å². The molecule has 1 atom stereocenters. The number of nitrogens with one attached hydrogen (secondary N) is 2. The molecule has 1 aromatic heterocycles. The Hall–Kier alpha value is -2.74. The van der Waals surface area contributed by atoms with Gasteiger partial charge in [-0.2, -0.15) is 0 Å². The molecular weight excluding hydrogens is 352 g/mol. The zero-order chi connectivity index (χ0) is 18.7. The molecule has 0 spiro atoms. The van der Waals surface area contributed by atoms with Gasteiger partial charge in [-0.15, -0.1) is 11.3 Å². The third kappa shape index (κ3) is 3.32. The average molecular weight is 372 g/mol. The number of thiazole rings is 1. The number of rotatable bonds is 6. The van der Waals surface area contributed by atoms with E-state index in [0.717, 1.165) is 15.6 Å². The summed E-state index contributed by atoms with van der Waals surface area (Å²) in [7, 11) is 0.